The highest BCUT2D eigenvalue weighted by Gasteiger charge is 2.41. The maximum Gasteiger partial charge on any atom is 0.441 e. The average Bonchev–Trinajstić information content (AvgIpc) is 3.40. The molecule has 1 N–H and O–H groups in total. The van der Waals surface area contributed by atoms with Crippen LogP contribution in [0.3, 0.4) is 0 Å². The molecule has 9 nitrogen and oxygen atoms in total. The largest absolute Gasteiger partial charge is 0.441 e. The van der Waals surface area contributed by atoms with E-state index in [2.05, 4.69) is 20.0 Å². The molecule has 3 unspecified atom stereocenters. The Hall–Kier alpha value is -3.89. The van der Waals surface area contributed by atoms with Gasteiger partial charge in [-0.2, -0.15) is 4.39 Å². The minimum atomic E-state index is -1.40. The van der Waals surface area contributed by atoms with Gasteiger partial charge in [0.25, 0.3) is 0 Å². The molecule has 3 heterocycles. The van der Waals surface area contributed by atoms with Gasteiger partial charge >= 0.3 is 5.76 Å². The Balaban J connectivity index is 1.59. The Labute approximate surface area is 206 Å². The van der Waals surface area contributed by atoms with Gasteiger partial charge in [-0.15, -0.1) is 0 Å². The van der Waals surface area contributed by atoms with Gasteiger partial charge < -0.3 is 10.2 Å². The summed E-state index contributed by atoms with van der Waals surface area (Å²) < 4.78 is 34.7. The quantitative estimate of drug-likeness (QED) is 0.500. The molecule has 3 atom stereocenters. The highest BCUT2D eigenvalue weighted by molar-refractivity contribution is 5.89. The number of halogens is 2. The molecule has 36 heavy (non-hydrogen) atoms. The second-order valence-corrected chi connectivity index (χ2v) is 9.12. The summed E-state index contributed by atoms with van der Waals surface area (Å²) >= 11 is 0. The van der Waals surface area contributed by atoms with Gasteiger partial charge in [-0.05, 0) is 17.5 Å². The number of carbonyl (C=O) groups is 2. The van der Waals surface area contributed by atoms with E-state index in [-0.39, 0.29) is 36.8 Å². The topological polar surface area (TPSA) is 110 Å². The van der Waals surface area contributed by atoms with Gasteiger partial charge in [0.1, 0.15) is 12.2 Å². The van der Waals surface area contributed by atoms with Crippen LogP contribution in [0.1, 0.15) is 54.9 Å². The molecule has 1 aliphatic rings. The molecule has 1 aromatic carbocycles. The molecular weight excluding hydrogens is 472 g/mol. The molecular formula is C25H27F2N5O4. The number of benzene rings is 1. The summed E-state index contributed by atoms with van der Waals surface area (Å²) in [5.74, 6) is -2.52. The Morgan fingerprint density at radius 1 is 1.19 bits per heavy atom. The molecule has 0 spiro atoms. The van der Waals surface area contributed by atoms with Crippen molar-refractivity contribution in [3.05, 3.63) is 81.6 Å². The van der Waals surface area contributed by atoms with E-state index >= 15 is 0 Å². The average molecular weight is 500 g/mol. The zero-order chi connectivity index (χ0) is 26.0. The van der Waals surface area contributed by atoms with Crippen molar-refractivity contribution in [3.63, 3.8) is 0 Å². The first kappa shape index (κ1) is 25.2. The van der Waals surface area contributed by atoms with E-state index in [0.29, 0.717) is 11.1 Å². The van der Waals surface area contributed by atoms with Gasteiger partial charge in [0.15, 0.2) is 5.82 Å². The number of rotatable bonds is 7. The Morgan fingerprint density at radius 2 is 1.92 bits per heavy atom. The first-order valence-corrected chi connectivity index (χ1v) is 11.6. The fourth-order valence-electron chi connectivity index (χ4n) is 4.28. The van der Waals surface area contributed by atoms with Gasteiger partial charge in [-0.3, -0.25) is 18.7 Å². The van der Waals surface area contributed by atoms with Gasteiger partial charge in [0.2, 0.25) is 17.8 Å². The van der Waals surface area contributed by atoms with Crippen molar-refractivity contribution in [2.45, 2.75) is 50.9 Å². The first-order valence-electron chi connectivity index (χ1n) is 11.6. The first-order chi connectivity index (χ1) is 17.2. The molecule has 0 radical (unpaired) electrons. The summed E-state index contributed by atoms with van der Waals surface area (Å²) in [6.07, 6.45) is -1.92. The molecule has 1 aliphatic heterocycles. The van der Waals surface area contributed by atoms with E-state index < -0.39 is 41.8 Å². The summed E-state index contributed by atoms with van der Waals surface area (Å²) in [4.78, 5) is 43.0. The van der Waals surface area contributed by atoms with Gasteiger partial charge in [-0.25, -0.2) is 14.2 Å². The minimum Gasteiger partial charge on any atom is -0.342 e. The predicted molar refractivity (Wildman–Crippen MR) is 125 cm³/mol. The molecule has 190 valence electrons. The van der Waals surface area contributed by atoms with Gasteiger partial charge in [0, 0.05) is 19.0 Å². The summed E-state index contributed by atoms with van der Waals surface area (Å²) in [6.45, 7) is 3.44. The predicted octanol–water partition coefficient (Wildman–Crippen LogP) is 2.42. The molecule has 4 rings (SSSR count). The van der Waals surface area contributed by atoms with E-state index in [1.54, 1.807) is 42.5 Å². The zero-order valence-corrected chi connectivity index (χ0v) is 20.1. The van der Waals surface area contributed by atoms with Crippen molar-refractivity contribution in [1.29, 1.82) is 0 Å². The standard InChI is InChI=1S/C25H27F2N5O4/c1-14(2)17-9-10-18(28-23(17)27)22(15-7-5-4-6-8-15)29-24(34)19-11-16(26)13-32(19)21(33)12-20-30-36-25(35)31(20)3/h4-10,14,16,19,22H,11-13H2,1-3H3,(H,29,34). The van der Waals surface area contributed by atoms with Crippen molar-refractivity contribution < 1.29 is 22.9 Å². The molecule has 1 saturated heterocycles. The lowest BCUT2D eigenvalue weighted by molar-refractivity contribution is -0.138. The number of alkyl halides is 1. The van der Waals surface area contributed by atoms with Gasteiger partial charge in [-0.1, -0.05) is 55.4 Å². The molecule has 11 heteroatoms. The monoisotopic (exact) mass is 499 g/mol. The van der Waals surface area contributed by atoms with Crippen molar-refractivity contribution in [3.8, 4) is 0 Å². The van der Waals surface area contributed by atoms with E-state index in [1.165, 1.54) is 7.05 Å². The summed E-state index contributed by atoms with van der Waals surface area (Å²) in [6, 6.07) is 10.3. The minimum absolute atomic E-state index is 0.0681. The number of hydrogen-bond donors (Lipinski definition) is 1. The Bertz CT molecular complexity index is 1310. The summed E-state index contributed by atoms with van der Waals surface area (Å²) in [5.41, 5.74) is 1.38. The second kappa shape index (κ2) is 10.4. The number of amides is 2. The lowest BCUT2D eigenvalue weighted by Crippen LogP contribution is -2.47. The maximum atomic E-state index is 14.7. The van der Waals surface area contributed by atoms with E-state index in [9.17, 15) is 23.2 Å². The molecule has 1 fully saturated rings. The highest BCUT2D eigenvalue weighted by atomic mass is 19.1. The number of nitrogens with zero attached hydrogens (tertiary/aromatic N) is 4. The van der Waals surface area contributed by atoms with Crippen molar-refractivity contribution >= 4 is 11.8 Å². The molecule has 2 aromatic heterocycles. The normalized spacial score (nSPS) is 18.4. The molecule has 0 aliphatic carbocycles. The van der Waals surface area contributed by atoms with Crippen molar-refractivity contribution in [2.24, 2.45) is 7.05 Å². The molecule has 2 amide bonds. The lowest BCUT2D eigenvalue weighted by Gasteiger charge is -2.26. The third-order valence-corrected chi connectivity index (χ3v) is 6.31. The number of carbonyl (C=O) groups excluding carboxylic acids is 2. The third-order valence-electron chi connectivity index (χ3n) is 6.31. The number of pyridine rings is 1. The van der Waals surface area contributed by atoms with Crippen LogP contribution in [0.25, 0.3) is 0 Å². The van der Waals surface area contributed by atoms with E-state index in [0.717, 1.165) is 9.47 Å². The lowest BCUT2D eigenvalue weighted by atomic mass is 9.99. The van der Waals surface area contributed by atoms with Crippen LogP contribution in [0.4, 0.5) is 8.78 Å². The molecule has 3 aromatic rings. The Morgan fingerprint density at radius 3 is 2.53 bits per heavy atom. The Kier molecular flexibility index (Phi) is 7.27. The van der Waals surface area contributed by atoms with Crippen LogP contribution in [-0.4, -0.2) is 50.2 Å². The van der Waals surface area contributed by atoms with E-state index in [4.69, 9.17) is 0 Å². The number of nitrogens with one attached hydrogen (secondary N) is 1. The van der Waals surface area contributed by atoms with Crippen molar-refractivity contribution in [2.75, 3.05) is 6.54 Å². The SMILES string of the molecule is CC(C)c1ccc(C(NC(=O)C2CC(F)CN2C(=O)Cc2noc(=O)n2C)c2ccccc2)nc1F. The number of hydrogen-bond acceptors (Lipinski definition) is 6. The number of likely N-dealkylation sites (tertiary alicyclic amines) is 1. The molecule has 0 bridgehead atoms. The van der Waals surface area contributed by atoms with Crippen LogP contribution in [0, 0.1) is 5.95 Å². The summed E-state index contributed by atoms with van der Waals surface area (Å²) in [5, 5.41) is 6.40. The van der Waals surface area contributed by atoms with Crippen LogP contribution in [0.2, 0.25) is 0 Å². The smallest absolute Gasteiger partial charge is 0.342 e. The number of aromatic nitrogens is 3. The van der Waals surface area contributed by atoms with Crippen LogP contribution in [0.5, 0.6) is 0 Å². The van der Waals surface area contributed by atoms with Crippen LogP contribution in [0.15, 0.2) is 51.8 Å². The molecule has 0 saturated carbocycles. The van der Waals surface area contributed by atoms with Crippen LogP contribution < -0.4 is 11.1 Å². The van der Waals surface area contributed by atoms with Gasteiger partial charge in [0.05, 0.1) is 24.7 Å². The third kappa shape index (κ3) is 5.19. The maximum absolute atomic E-state index is 14.7. The fourth-order valence-corrected chi connectivity index (χ4v) is 4.28. The van der Waals surface area contributed by atoms with Crippen molar-refractivity contribution in [1.82, 2.24) is 24.9 Å². The van der Waals surface area contributed by atoms with Crippen LogP contribution in [-0.2, 0) is 23.1 Å². The fraction of sp³-hybridized carbons (Fsp3) is 0.400. The zero-order valence-electron chi connectivity index (χ0n) is 20.1. The second-order valence-electron chi connectivity index (χ2n) is 9.12. The highest BCUT2D eigenvalue weighted by Crippen LogP contribution is 2.27. The van der Waals surface area contributed by atoms with E-state index in [1.807, 2.05) is 13.8 Å². The summed E-state index contributed by atoms with van der Waals surface area (Å²) in [7, 11) is 1.40. The van der Waals surface area contributed by atoms with Crippen LogP contribution >= 0.6 is 0 Å².